The van der Waals surface area contributed by atoms with E-state index in [2.05, 4.69) is 47.3 Å². The third-order valence-corrected chi connectivity index (χ3v) is 6.84. The van der Waals surface area contributed by atoms with Crippen molar-refractivity contribution in [1.82, 2.24) is 19.6 Å². The van der Waals surface area contributed by atoms with E-state index in [9.17, 15) is 0 Å². The molecule has 2 fully saturated rings. The molecule has 0 aliphatic carbocycles. The molecule has 0 N–H and O–H groups in total. The number of morpholine rings is 2. The first kappa shape index (κ1) is 27.0. The Bertz CT molecular complexity index is 385. The second-order valence-electron chi connectivity index (χ2n) is 8.84. The number of ether oxygens (including phenoxy) is 3. The summed E-state index contributed by atoms with van der Waals surface area (Å²) in [5, 5.41) is 0. The second kappa shape index (κ2) is 16.4. The number of hydrogen-bond donors (Lipinski definition) is 0. The highest BCUT2D eigenvalue weighted by atomic mass is 16.5. The van der Waals surface area contributed by atoms with Gasteiger partial charge in [0.15, 0.2) is 0 Å². The molecule has 7 heteroatoms. The second-order valence-corrected chi connectivity index (χ2v) is 8.84. The quantitative estimate of drug-likeness (QED) is 0.361. The predicted molar refractivity (Wildman–Crippen MR) is 128 cm³/mol. The van der Waals surface area contributed by atoms with Gasteiger partial charge in [0.25, 0.3) is 0 Å². The van der Waals surface area contributed by atoms with E-state index in [1.54, 1.807) is 0 Å². The first-order valence-corrected chi connectivity index (χ1v) is 12.9. The van der Waals surface area contributed by atoms with Gasteiger partial charge in [0.2, 0.25) is 0 Å². The van der Waals surface area contributed by atoms with Crippen LogP contribution in [-0.2, 0) is 14.2 Å². The zero-order chi connectivity index (χ0) is 22.3. The number of nitrogens with zero attached hydrogens (tertiary/aromatic N) is 4. The molecule has 2 atom stereocenters. The van der Waals surface area contributed by atoms with Crippen molar-refractivity contribution >= 4 is 0 Å². The SMILES string of the molecule is CCN(CC)CCC(CN1CCOCC1)OC(CCN(CC)CC)CN1CCOCC1. The molecular formula is C24H50N4O3. The monoisotopic (exact) mass is 442 g/mol. The van der Waals surface area contributed by atoms with Crippen LogP contribution in [0, 0.1) is 0 Å². The molecule has 0 radical (unpaired) electrons. The standard InChI is InChI=1S/C24H50N4O3/c1-5-25(6-2)11-9-23(21-27-13-17-29-18-14-27)31-24(10-12-26(7-3)8-4)22-28-15-19-30-20-16-28/h23-24H,5-22H2,1-4H3. The van der Waals surface area contributed by atoms with Crippen LogP contribution in [0.3, 0.4) is 0 Å². The molecule has 0 amide bonds. The van der Waals surface area contributed by atoms with Crippen molar-refractivity contribution in [3.05, 3.63) is 0 Å². The summed E-state index contributed by atoms with van der Waals surface area (Å²) in [7, 11) is 0. The molecule has 7 nitrogen and oxygen atoms in total. The Morgan fingerprint density at radius 2 is 1.00 bits per heavy atom. The maximum absolute atomic E-state index is 6.92. The van der Waals surface area contributed by atoms with Gasteiger partial charge in [-0.2, -0.15) is 0 Å². The van der Waals surface area contributed by atoms with Crippen LogP contribution in [0.4, 0.5) is 0 Å². The van der Waals surface area contributed by atoms with Crippen molar-refractivity contribution in [3.63, 3.8) is 0 Å². The summed E-state index contributed by atoms with van der Waals surface area (Å²) < 4.78 is 18.1. The smallest absolute Gasteiger partial charge is 0.0718 e. The fraction of sp³-hybridized carbons (Fsp3) is 1.00. The molecular weight excluding hydrogens is 392 g/mol. The Kier molecular flexibility index (Phi) is 14.2. The summed E-state index contributed by atoms with van der Waals surface area (Å²) in [4.78, 5) is 10.1. The summed E-state index contributed by atoms with van der Waals surface area (Å²) in [6.45, 7) is 25.2. The van der Waals surface area contributed by atoms with Crippen LogP contribution in [0.15, 0.2) is 0 Å². The average Bonchev–Trinajstić information content (AvgIpc) is 2.81. The maximum Gasteiger partial charge on any atom is 0.0718 e. The third-order valence-electron chi connectivity index (χ3n) is 6.84. The van der Waals surface area contributed by atoms with Gasteiger partial charge in [0, 0.05) is 52.4 Å². The number of rotatable bonds is 16. The van der Waals surface area contributed by atoms with Crippen LogP contribution in [0.5, 0.6) is 0 Å². The van der Waals surface area contributed by atoms with Crippen molar-refractivity contribution in [3.8, 4) is 0 Å². The van der Waals surface area contributed by atoms with Gasteiger partial charge in [0.05, 0.1) is 38.6 Å². The molecule has 0 spiro atoms. The Morgan fingerprint density at radius 1 is 0.645 bits per heavy atom. The van der Waals surface area contributed by atoms with Crippen molar-refractivity contribution in [1.29, 1.82) is 0 Å². The molecule has 2 aliphatic heterocycles. The molecule has 2 heterocycles. The van der Waals surface area contributed by atoms with Gasteiger partial charge in [-0.05, 0) is 39.0 Å². The van der Waals surface area contributed by atoms with Gasteiger partial charge in [-0.3, -0.25) is 9.80 Å². The van der Waals surface area contributed by atoms with Crippen LogP contribution in [-0.4, -0.2) is 137 Å². The van der Waals surface area contributed by atoms with Crippen molar-refractivity contribution in [2.24, 2.45) is 0 Å². The van der Waals surface area contributed by atoms with Gasteiger partial charge in [-0.25, -0.2) is 0 Å². The molecule has 2 aliphatic rings. The lowest BCUT2D eigenvalue weighted by Crippen LogP contribution is -2.47. The first-order chi connectivity index (χ1) is 15.2. The van der Waals surface area contributed by atoms with Gasteiger partial charge in [-0.1, -0.05) is 27.7 Å². The minimum absolute atomic E-state index is 0.279. The molecule has 184 valence electrons. The average molecular weight is 443 g/mol. The summed E-state index contributed by atoms with van der Waals surface area (Å²) >= 11 is 0. The molecule has 0 bridgehead atoms. The highest BCUT2D eigenvalue weighted by Crippen LogP contribution is 2.14. The fourth-order valence-corrected chi connectivity index (χ4v) is 4.55. The van der Waals surface area contributed by atoms with E-state index in [-0.39, 0.29) is 12.2 Å². The summed E-state index contributed by atoms with van der Waals surface area (Å²) in [5.41, 5.74) is 0. The molecule has 31 heavy (non-hydrogen) atoms. The van der Waals surface area contributed by atoms with E-state index in [0.29, 0.717) is 0 Å². The Balaban J connectivity index is 1.99. The molecule has 0 aromatic carbocycles. The predicted octanol–water partition coefficient (Wildman–Crippen LogP) is 1.87. The highest BCUT2D eigenvalue weighted by Gasteiger charge is 2.24. The molecule has 2 rings (SSSR count). The van der Waals surface area contributed by atoms with E-state index in [0.717, 1.165) is 118 Å². The first-order valence-electron chi connectivity index (χ1n) is 12.9. The molecule has 0 aromatic heterocycles. The maximum atomic E-state index is 6.92. The fourth-order valence-electron chi connectivity index (χ4n) is 4.55. The van der Waals surface area contributed by atoms with E-state index < -0.39 is 0 Å². The molecule has 2 saturated heterocycles. The van der Waals surface area contributed by atoms with Crippen LogP contribution in [0.25, 0.3) is 0 Å². The van der Waals surface area contributed by atoms with Gasteiger partial charge in [-0.15, -0.1) is 0 Å². The molecule has 0 saturated carbocycles. The minimum atomic E-state index is 0.279. The van der Waals surface area contributed by atoms with Crippen LogP contribution >= 0.6 is 0 Å². The van der Waals surface area contributed by atoms with Crippen LogP contribution in [0.2, 0.25) is 0 Å². The minimum Gasteiger partial charge on any atom is -0.379 e. The third kappa shape index (κ3) is 10.9. The van der Waals surface area contributed by atoms with E-state index >= 15 is 0 Å². The summed E-state index contributed by atoms with van der Waals surface area (Å²) in [5.74, 6) is 0. The Hall–Kier alpha value is -0.280. The number of hydrogen-bond acceptors (Lipinski definition) is 7. The normalized spacial score (nSPS) is 21.1. The van der Waals surface area contributed by atoms with Gasteiger partial charge in [0.1, 0.15) is 0 Å². The Morgan fingerprint density at radius 3 is 1.32 bits per heavy atom. The van der Waals surface area contributed by atoms with Crippen molar-refractivity contribution < 1.29 is 14.2 Å². The lowest BCUT2D eigenvalue weighted by Gasteiger charge is -2.36. The van der Waals surface area contributed by atoms with E-state index in [4.69, 9.17) is 14.2 Å². The zero-order valence-electron chi connectivity index (χ0n) is 20.9. The lowest BCUT2D eigenvalue weighted by atomic mass is 10.1. The molecule has 2 unspecified atom stereocenters. The van der Waals surface area contributed by atoms with Gasteiger partial charge >= 0.3 is 0 Å². The topological polar surface area (TPSA) is 40.7 Å². The van der Waals surface area contributed by atoms with E-state index in [1.165, 1.54) is 0 Å². The van der Waals surface area contributed by atoms with Crippen LogP contribution < -0.4 is 0 Å². The van der Waals surface area contributed by atoms with Crippen LogP contribution in [0.1, 0.15) is 40.5 Å². The highest BCUT2D eigenvalue weighted by molar-refractivity contribution is 4.76. The van der Waals surface area contributed by atoms with Crippen molar-refractivity contribution in [2.45, 2.75) is 52.7 Å². The lowest BCUT2D eigenvalue weighted by molar-refractivity contribution is -0.0734. The van der Waals surface area contributed by atoms with Crippen molar-refractivity contribution in [2.75, 3.05) is 105 Å². The van der Waals surface area contributed by atoms with E-state index in [1.807, 2.05) is 0 Å². The Labute approximate surface area is 192 Å². The summed E-state index contributed by atoms with van der Waals surface area (Å²) in [6.07, 6.45) is 2.76. The zero-order valence-corrected chi connectivity index (χ0v) is 20.9. The molecule has 0 aromatic rings. The summed E-state index contributed by atoms with van der Waals surface area (Å²) in [6, 6.07) is 0. The van der Waals surface area contributed by atoms with Gasteiger partial charge < -0.3 is 24.0 Å². The largest absolute Gasteiger partial charge is 0.379 e.